The van der Waals surface area contributed by atoms with Crippen LogP contribution < -0.4 is 0 Å². The number of piperazine rings is 1. The zero-order valence-electron chi connectivity index (χ0n) is 17.1. The second-order valence-corrected chi connectivity index (χ2v) is 8.36. The first-order chi connectivity index (χ1) is 13.7. The van der Waals surface area contributed by atoms with Crippen LogP contribution in [0.25, 0.3) is 0 Å². The summed E-state index contributed by atoms with van der Waals surface area (Å²) in [6, 6.07) is 17.2. The van der Waals surface area contributed by atoms with E-state index in [1.54, 1.807) is 0 Å². The summed E-state index contributed by atoms with van der Waals surface area (Å²) in [5.41, 5.74) is 4.05. The number of benzene rings is 1. The van der Waals surface area contributed by atoms with Crippen molar-refractivity contribution >= 4 is 0 Å². The summed E-state index contributed by atoms with van der Waals surface area (Å²) in [6.45, 7) is 9.57. The number of aromatic nitrogens is 1. The minimum Gasteiger partial charge on any atom is -0.381 e. The number of ether oxygens (including phenoxy) is 1. The third-order valence-corrected chi connectivity index (χ3v) is 6.51. The molecule has 0 bridgehead atoms. The van der Waals surface area contributed by atoms with Crippen molar-refractivity contribution in [2.24, 2.45) is 0 Å². The topological polar surface area (TPSA) is 28.6 Å². The predicted octanol–water partition coefficient (Wildman–Crippen LogP) is 3.69. The summed E-state index contributed by atoms with van der Waals surface area (Å²) in [5, 5.41) is 0. The molecular weight excluding hydrogens is 346 g/mol. The van der Waals surface area contributed by atoms with E-state index in [1.807, 2.05) is 0 Å². The molecular formula is C24H33N3O. The molecule has 0 saturated carbocycles. The fourth-order valence-corrected chi connectivity index (χ4v) is 4.80. The molecule has 2 saturated heterocycles. The molecule has 0 atom stereocenters. The van der Waals surface area contributed by atoms with Gasteiger partial charge in [0.05, 0.1) is 0 Å². The minimum atomic E-state index is 0.280. The van der Waals surface area contributed by atoms with Gasteiger partial charge >= 0.3 is 0 Å². The maximum Gasteiger partial charge on any atom is 0.0483 e. The second kappa shape index (κ2) is 9.17. The van der Waals surface area contributed by atoms with Crippen LogP contribution in [-0.4, -0.2) is 59.7 Å². The van der Waals surface area contributed by atoms with E-state index in [-0.39, 0.29) is 5.54 Å². The van der Waals surface area contributed by atoms with Gasteiger partial charge in [0.1, 0.15) is 0 Å². The highest BCUT2D eigenvalue weighted by atomic mass is 16.5. The highest BCUT2D eigenvalue weighted by molar-refractivity contribution is 5.15. The van der Waals surface area contributed by atoms with Gasteiger partial charge in [0.15, 0.2) is 0 Å². The van der Waals surface area contributed by atoms with Crippen molar-refractivity contribution < 1.29 is 4.74 Å². The zero-order chi connectivity index (χ0) is 19.2. The minimum absolute atomic E-state index is 0.280. The average Bonchev–Trinajstić information content (AvgIpc) is 2.74. The van der Waals surface area contributed by atoms with E-state index in [0.29, 0.717) is 0 Å². The third-order valence-electron chi connectivity index (χ3n) is 6.51. The lowest BCUT2D eigenvalue weighted by Gasteiger charge is -2.50. The molecule has 0 unspecified atom stereocenters. The third kappa shape index (κ3) is 4.80. The Kier molecular flexibility index (Phi) is 6.40. The van der Waals surface area contributed by atoms with Crippen molar-refractivity contribution in [1.82, 2.24) is 14.8 Å². The predicted molar refractivity (Wildman–Crippen MR) is 113 cm³/mol. The molecule has 2 fully saturated rings. The van der Waals surface area contributed by atoms with Crippen LogP contribution in [0.15, 0.2) is 48.5 Å². The van der Waals surface area contributed by atoms with Crippen LogP contribution in [0.5, 0.6) is 0 Å². The molecule has 28 heavy (non-hydrogen) atoms. The van der Waals surface area contributed by atoms with Gasteiger partial charge in [0.25, 0.3) is 0 Å². The Morgan fingerprint density at radius 3 is 2.39 bits per heavy atom. The van der Waals surface area contributed by atoms with Gasteiger partial charge in [0, 0.05) is 62.9 Å². The molecule has 0 N–H and O–H groups in total. The second-order valence-electron chi connectivity index (χ2n) is 8.36. The molecule has 1 aromatic carbocycles. The fourth-order valence-electron chi connectivity index (χ4n) is 4.80. The monoisotopic (exact) mass is 379 g/mol. The SMILES string of the molecule is Cc1cccc(CCC2(N3CCN(Cc4ccccc4)CC3)CCOCC2)n1. The number of nitrogens with zero attached hydrogens (tertiary/aromatic N) is 3. The molecule has 150 valence electrons. The van der Waals surface area contributed by atoms with Gasteiger partial charge in [-0.3, -0.25) is 14.8 Å². The molecule has 4 nitrogen and oxygen atoms in total. The van der Waals surface area contributed by atoms with Crippen LogP contribution in [0.2, 0.25) is 0 Å². The molecule has 0 amide bonds. The molecule has 2 aliphatic heterocycles. The van der Waals surface area contributed by atoms with E-state index in [9.17, 15) is 0 Å². The van der Waals surface area contributed by atoms with E-state index in [2.05, 4.69) is 65.3 Å². The van der Waals surface area contributed by atoms with Gasteiger partial charge in [-0.25, -0.2) is 0 Å². The number of pyridine rings is 1. The normalized spacial score (nSPS) is 20.9. The molecule has 2 aliphatic rings. The number of hydrogen-bond donors (Lipinski definition) is 0. The van der Waals surface area contributed by atoms with Gasteiger partial charge in [-0.15, -0.1) is 0 Å². The lowest BCUT2D eigenvalue weighted by molar-refractivity contribution is -0.0522. The number of aryl methyl sites for hydroxylation is 2. The summed E-state index contributed by atoms with van der Waals surface area (Å²) in [6.07, 6.45) is 4.55. The van der Waals surface area contributed by atoms with Crippen LogP contribution in [-0.2, 0) is 17.7 Å². The van der Waals surface area contributed by atoms with E-state index < -0.39 is 0 Å². The molecule has 0 aliphatic carbocycles. The Morgan fingerprint density at radius 1 is 0.929 bits per heavy atom. The molecule has 2 aromatic rings. The van der Waals surface area contributed by atoms with Crippen molar-refractivity contribution in [3.63, 3.8) is 0 Å². The quantitative estimate of drug-likeness (QED) is 0.765. The van der Waals surface area contributed by atoms with Gasteiger partial charge in [-0.05, 0) is 50.3 Å². The maximum atomic E-state index is 5.73. The first-order valence-corrected chi connectivity index (χ1v) is 10.8. The molecule has 1 aromatic heterocycles. The van der Waals surface area contributed by atoms with Gasteiger partial charge in [-0.1, -0.05) is 36.4 Å². The molecule has 3 heterocycles. The number of hydrogen-bond acceptors (Lipinski definition) is 4. The van der Waals surface area contributed by atoms with Crippen LogP contribution >= 0.6 is 0 Å². The Bertz CT molecular complexity index is 735. The van der Waals surface area contributed by atoms with Gasteiger partial charge in [-0.2, -0.15) is 0 Å². The first kappa shape index (κ1) is 19.6. The molecule has 4 rings (SSSR count). The van der Waals surface area contributed by atoms with Crippen molar-refractivity contribution in [2.45, 2.75) is 44.7 Å². The summed E-state index contributed by atoms with van der Waals surface area (Å²) >= 11 is 0. The summed E-state index contributed by atoms with van der Waals surface area (Å²) in [7, 11) is 0. The zero-order valence-corrected chi connectivity index (χ0v) is 17.1. The lowest BCUT2D eigenvalue weighted by atomic mass is 9.82. The Labute approximate surface area is 169 Å². The van der Waals surface area contributed by atoms with E-state index in [1.165, 1.54) is 17.7 Å². The molecule has 0 radical (unpaired) electrons. The highest BCUT2D eigenvalue weighted by Crippen LogP contribution is 2.33. The largest absolute Gasteiger partial charge is 0.381 e. The number of rotatable bonds is 6. The molecule has 0 spiro atoms. The van der Waals surface area contributed by atoms with Crippen molar-refractivity contribution in [3.05, 3.63) is 65.5 Å². The summed E-state index contributed by atoms with van der Waals surface area (Å²) in [4.78, 5) is 10.1. The Morgan fingerprint density at radius 2 is 1.68 bits per heavy atom. The highest BCUT2D eigenvalue weighted by Gasteiger charge is 2.39. The first-order valence-electron chi connectivity index (χ1n) is 10.8. The Balaban J connectivity index is 1.37. The van der Waals surface area contributed by atoms with Gasteiger partial charge < -0.3 is 4.74 Å². The van der Waals surface area contributed by atoms with E-state index in [0.717, 1.165) is 70.9 Å². The standard InChI is InChI=1S/C24H33N3O/c1-21-6-5-9-23(25-21)10-11-24(12-18-28-19-13-24)27-16-14-26(15-17-27)20-22-7-3-2-4-8-22/h2-9H,10-20H2,1H3. The van der Waals surface area contributed by atoms with Crippen molar-refractivity contribution in [3.8, 4) is 0 Å². The average molecular weight is 380 g/mol. The summed E-state index contributed by atoms with van der Waals surface area (Å²) < 4.78 is 5.73. The van der Waals surface area contributed by atoms with Gasteiger partial charge in [0.2, 0.25) is 0 Å². The maximum absolute atomic E-state index is 5.73. The van der Waals surface area contributed by atoms with Crippen LogP contribution in [0.4, 0.5) is 0 Å². The Hall–Kier alpha value is -1.75. The van der Waals surface area contributed by atoms with E-state index >= 15 is 0 Å². The van der Waals surface area contributed by atoms with Crippen LogP contribution in [0, 0.1) is 6.92 Å². The van der Waals surface area contributed by atoms with Crippen LogP contribution in [0.1, 0.15) is 36.2 Å². The smallest absolute Gasteiger partial charge is 0.0483 e. The lowest BCUT2D eigenvalue weighted by Crippen LogP contribution is -2.59. The van der Waals surface area contributed by atoms with Crippen LogP contribution in [0.3, 0.4) is 0 Å². The summed E-state index contributed by atoms with van der Waals surface area (Å²) in [5.74, 6) is 0. The van der Waals surface area contributed by atoms with Crippen molar-refractivity contribution in [1.29, 1.82) is 0 Å². The van der Waals surface area contributed by atoms with E-state index in [4.69, 9.17) is 9.72 Å². The van der Waals surface area contributed by atoms with Crippen molar-refractivity contribution in [2.75, 3.05) is 39.4 Å². The fraction of sp³-hybridized carbons (Fsp3) is 0.542. The molecule has 4 heteroatoms.